The number of hydrogen-bond donors (Lipinski definition) is 0. The molecular formula is C59H39NS. The summed E-state index contributed by atoms with van der Waals surface area (Å²) < 4.78 is 2.54. The monoisotopic (exact) mass is 793 g/mol. The number of fused-ring (bicyclic) bond motifs is 8. The molecule has 1 aliphatic rings. The predicted molar refractivity (Wildman–Crippen MR) is 260 cm³/mol. The van der Waals surface area contributed by atoms with Crippen LogP contribution in [0.1, 0.15) is 22.3 Å². The van der Waals surface area contributed by atoms with Crippen molar-refractivity contribution in [2.45, 2.75) is 5.41 Å². The van der Waals surface area contributed by atoms with Crippen LogP contribution >= 0.6 is 11.3 Å². The van der Waals surface area contributed by atoms with E-state index < -0.39 is 5.41 Å². The molecule has 1 atom stereocenters. The third-order valence-corrected chi connectivity index (χ3v) is 13.9. The Kier molecular flexibility index (Phi) is 8.33. The largest absolute Gasteiger partial charge is 0.309 e. The molecule has 61 heavy (non-hydrogen) atoms. The second-order valence-corrected chi connectivity index (χ2v) is 17.1. The van der Waals surface area contributed by atoms with Crippen molar-refractivity contribution in [3.05, 3.63) is 259 Å². The first-order valence-corrected chi connectivity index (χ1v) is 21.8. The summed E-state index contributed by atoms with van der Waals surface area (Å²) in [7, 11) is 0. The van der Waals surface area contributed by atoms with Gasteiger partial charge in [-0.1, -0.05) is 188 Å². The fourth-order valence-corrected chi connectivity index (χ4v) is 11.2. The number of nitrogens with zero attached hydrogens (tertiary/aromatic N) is 1. The summed E-state index contributed by atoms with van der Waals surface area (Å²) in [4.78, 5) is 2.43. The summed E-state index contributed by atoms with van der Waals surface area (Å²) in [5.41, 5.74) is 15.6. The molecule has 1 nitrogen and oxygen atoms in total. The van der Waals surface area contributed by atoms with Gasteiger partial charge >= 0.3 is 0 Å². The van der Waals surface area contributed by atoms with Crippen molar-refractivity contribution in [3.63, 3.8) is 0 Å². The van der Waals surface area contributed by atoms with Crippen LogP contribution in [0, 0.1) is 0 Å². The van der Waals surface area contributed by atoms with Crippen molar-refractivity contribution >= 4 is 59.3 Å². The Labute approximate surface area is 360 Å². The van der Waals surface area contributed by atoms with Crippen LogP contribution in [0.5, 0.6) is 0 Å². The molecular weight excluding hydrogens is 755 g/mol. The molecule has 0 saturated carbocycles. The van der Waals surface area contributed by atoms with Crippen molar-refractivity contribution in [3.8, 4) is 33.4 Å². The first-order chi connectivity index (χ1) is 30.3. The van der Waals surface area contributed by atoms with Crippen LogP contribution in [-0.2, 0) is 5.41 Å². The van der Waals surface area contributed by atoms with Gasteiger partial charge in [-0.3, -0.25) is 0 Å². The lowest BCUT2D eigenvalue weighted by Gasteiger charge is -2.34. The number of anilines is 3. The topological polar surface area (TPSA) is 3.24 Å². The van der Waals surface area contributed by atoms with Gasteiger partial charge in [-0.05, 0) is 115 Å². The highest BCUT2D eigenvalue weighted by Gasteiger charge is 2.46. The van der Waals surface area contributed by atoms with Crippen LogP contribution in [0.2, 0.25) is 0 Å². The number of benzene rings is 10. The fourth-order valence-electron chi connectivity index (χ4n) is 10.1. The van der Waals surface area contributed by atoms with Gasteiger partial charge in [0, 0.05) is 26.8 Å². The maximum atomic E-state index is 2.50. The summed E-state index contributed by atoms with van der Waals surface area (Å²) in [6.07, 6.45) is 0. The van der Waals surface area contributed by atoms with E-state index in [1.54, 1.807) is 0 Å². The third-order valence-electron chi connectivity index (χ3n) is 12.7. The Balaban J connectivity index is 1.05. The van der Waals surface area contributed by atoms with Crippen molar-refractivity contribution in [1.29, 1.82) is 0 Å². The average molecular weight is 794 g/mol. The number of rotatable bonds is 7. The number of para-hydroxylation sites is 1. The van der Waals surface area contributed by atoms with E-state index in [0.717, 1.165) is 11.4 Å². The van der Waals surface area contributed by atoms with E-state index in [2.05, 4.69) is 241 Å². The standard InChI is InChI=1S/C59H39NS/c1-4-17-40(18-5-1)42-20-14-21-43(37-42)44-22-15-27-48(38-44)60(47-25-8-3-9-26-47)55-32-16-30-50-52-39-46(34-36-56(52)61-58(50)55)59(45-23-6-2-7-24-45)53-31-13-12-29-51(53)57-49-28-11-10-19-41(49)33-35-54(57)59/h1-39H. The molecule has 0 aliphatic heterocycles. The molecule has 286 valence electrons. The highest BCUT2D eigenvalue weighted by Crippen LogP contribution is 2.58. The second-order valence-electron chi connectivity index (χ2n) is 16.0. The van der Waals surface area contributed by atoms with Gasteiger partial charge in [-0.2, -0.15) is 0 Å². The SMILES string of the molecule is c1ccc(-c2cccc(-c3cccc(N(c4ccccc4)c4cccc5c4sc4ccc(C6(c7ccccc7)c7ccccc7-c7c6ccc6ccccc76)cc45)c3)c2)cc1. The average Bonchev–Trinajstić information content (AvgIpc) is 3.87. The molecule has 2 heteroatoms. The molecule has 0 N–H and O–H groups in total. The summed E-state index contributed by atoms with van der Waals surface area (Å²) >= 11 is 1.88. The van der Waals surface area contributed by atoms with Crippen LogP contribution in [-0.4, -0.2) is 0 Å². The van der Waals surface area contributed by atoms with E-state index in [0.29, 0.717) is 0 Å². The lowest BCUT2D eigenvalue weighted by molar-refractivity contribution is 0.770. The minimum atomic E-state index is -0.494. The molecule has 10 aromatic carbocycles. The first kappa shape index (κ1) is 35.4. The zero-order valence-electron chi connectivity index (χ0n) is 33.4. The molecule has 0 spiro atoms. The van der Waals surface area contributed by atoms with E-state index in [4.69, 9.17) is 0 Å². The maximum Gasteiger partial charge on any atom is 0.0714 e. The van der Waals surface area contributed by atoms with Gasteiger partial charge < -0.3 is 4.90 Å². The Morgan fingerprint density at radius 3 is 1.82 bits per heavy atom. The predicted octanol–water partition coefficient (Wildman–Crippen LogP) is 16.4. The second kappa shape index (κ2) is 14.3. The summed E-state index contributed by atoms with van der Waals surface area (Å²) in [5.74, 6) is 0. The van der Waals surface area contributed by atoms with Gasteiger partial charge in [0.1, 0.15) is 0 Å². The molecule has 1 aliphatic carbocycles. The molecule has 0 saturated heterocycles. The lowest BCUT2D eigenvalue weighted by atomic mass is 9.67. The van der Waals surface area contributed by atoms with Gasteiger partial charge in [-0.25, -0.2) is 0 Å². The number of thiophene rings is 1. The molecule has 0 fully saturated rings. The smallest absolute Gasteiger partial charge is 0.0714 e. The zero-order valence-corrected chi connectivity index (χ0v) is 34.2. The molecule has 0 radical (unpaired) electrons. The van der Waals surface area contributed by atoms with Crippen molar-refractivity contribution in [2.75, 3.05) is 4.90 Å². The molecule has 1 unspecified atom stereocenters. The van der Waals surface area contributed by atoms with Gasteiger partial charge in [-0.15, -0.1) is 11.3 Å². The molecule has 12 rings (SSSR count). The van der Waals surface area contributed by atoms with Gasteiger partial charge in [0.15, 0.2) is 0 Å². The Bertz CT molecular complexity index is 3420. The molecule has 0 amide bonds. The Morgan fingerprint density at radius 2 is 0.984 bits per heavy atom. The van der Waals surface area contributed by atoms with Crippen molar-refractivity contribution in [1.82, 2.24) is 0 Å². The summed E-state index contributed by atoms with van der Waals surface area (Å²) in [6, 6.07) is 87.2. The highest BCUT2D eigenvalue weighted by atomic mass is 32.1. The quantitative estimate of drug-likeness (QED) is 0.155. The van der Waals surface area contributed by atoms with E-state index >= 15 is 0 Å². The van der Waals surface area contributed by atoms with Crippen LogP contribution < -0.4 is 4.90 Å². The van der Waals surface area contributed by atoms with Crippen molar-refractivity contribution in [2.24, 2.45) is 0 Å². The summed E-state index contributed by atoms with van der Waals surface area (Å²) in [6.45, 7) is 0. The van der Waals surface area contributed by atoms with Gasteiger partial charge in [0.2, 0.25) is 0 Å². The molecule has 0 bridgehead atoms. The normalized spacial score (nSPS) is 14.3. The van der Waals surface area contributed by atoms with Crippen molar-refractivity contribution < 1.29 is 0 Å². The molecule has 11 aromatic rings. The molecule has 1 heterocycles. The number of hydrogen-bond acceptors (Lipinski definition) is 2. The third kappa shape index (κ3) is 5.60. The fraction of sp³-hybridized carbons (Fsp3) is 0.0169. The Morgan fingerprint density at radius 1 is 0.361 bits per heavy atom. The lowest BCUT2D eigenvalue weighted by Crippen LogP contribution is -2.28. The minimum absolute atomic E-state index is 0.494. The summed E-state index contributed by atoms with van der Waals surface area (Å²) in [5, 5.41) is 5.10. The Hall–Kier alpha value is -7.52. The van der Waals surface area contributed by atoms with E-state index in [-0.39, 0.29) is 0 Å². The van der Waals surface area contributed by atoms with Crippen LogP contribution in [0.4, 0.5) is 17.1 Å². The first-order valence-electron chi connectivity index (χ1n) is 21.0. The minimum Gasteiger partial charge on any atom is -0.309 e. The van der Waals surface area contributed by atoms with Crippen LogP contribution in [0.15, 0.2) is 237 Å². The maximum absolute atomic E-state index is 2.50. The van der Waals surface area contributed by atoms with Crippen LogP contribution in [0.25, 0.3) is 64.3 Å². The zero-order chi connectivity index (χ0) is 40.3. The van der Waals surface area contributed by atoms with E-state index in [1.165, 1.54) is 92.3 Å². The van der Waals surface area contributed by atoms with E-state index in [9.17, 15) is 0 Å². The van der Waals surface area contributed by atoms with Gasteiger partial charge in [0.05, 0.1) is 15.8 Å². The van der Waals surface area contributed by atoms with E-state index in [1.807, 2.05) is 11.3 Å². The van der Waals surface area contributed by atoms with Gasteiger partial charge in [0.25, 0.3) is 0 Å². The molecule has 1 aromatic heterocycles. The highest BCUT2D eigenvalue weighted by molar-refractivity contribution is 7.26. The van der Waals surface area contributed by atoms with Crippen LogP contribution in [0.3, 0.4) is 0 Å².